The lowest BCUT2D eigenvalue weighted by Crippen LogP contribution is -2.16. The molecule has 0 aliphatic rings. The largest absolute Gasteiger partial charge is 0.394 e. The van der Waals surface area contributed by atoms with E-state index in [1.54, 1.807) is 12.1 Å². The molecule has 0 bridgehead atoms. The first-order chi connectivity index (χ1) is 32.9. The van der Waals surface area contributed by atoms with E-state index in [0.29, 0.717) is 40.2 Å². The SMILES string of the molecule is O=S(=O)(O)CCNc1ncnc(Nc2ccc(C=Cc3ccc(C=Cc4ccc(Nc5nc(/N=C\CSOOO)nc(NCCOCCO)n5)cc4S(=O)(=O)O)cc3S(=O)(=O)O)c(SOOO)c2)n1. The molecular weight excluding hydrogens is 1020 g/mol. The lowest BCUT2D eigenvalue weighted by molar-refractivity contribution is -0.432. The Bertz CT molecular complexity index is 2970. The van der Waals surface area contributed by atoms with E-state index in [1.165, 1.54) is 60.9 Å². The Morgan fingerprint density at radius 3 is 1.97 bits per heavy atom. The van der Waals surface area contributed by atoms with Crippen LogP contribution in [-0.4, -0.2) is 135 Å². The lowest BCUT2D eigenvalue weighted by atomic mass is 10.1. The molecule has 370 valence electrons. The number of aliphatic imine (C=N–C) groups is 1. The van der Waals surface area contributed by atoms with Crippen molar-refractivity contribution in [2.24, 2.45) is 4.99 Å². The number of aliphatic hydroxyl groups is 1. The van der Waals surface area contributed by atoms with Crippen LogP contribution < -0.4 is 21.3 Å². The van der Waals surface area contributed by atoms with Gasteiger partial charge >= 0.3 is 0 Å². The monoisotopic (exact) mass is 1060 g/mol. The smallest absolute Gasteiger partial charge is 0.295 e. The zero-order chi connectivity index (χ0) is 49.9. The van der Waals surface area contributed by atoms with Gasteiger partial charge in [-0.25, -0.2) is 25.5 Å². The van der Waals surface area contributed by atoms with E-state index in [4.69, 9.17) is 24.9 Å². The quantitative estimate of drug-likeness (QED) is 0.00635. The molecule has 10 N–H and O–H groups in total. The predicted molar refractivity (Wildman–Crippen MR) is 250 cm³/mol. The average molecular weight is 1060 g/mol. The number of nitrogens with zero attached hydrogens (tertiary/aromatic N) is 7. The molecule has 5 rings (SSSR count). The zero-order valence-corrected chi connectivity index (χ0v) is 39.0. The van der Waals surface area contributed by atoms with E-state index in [-0.39, 0.29) is 90.8 Å². The van der Waals surface area contributed by atoms with Gasteiger partial charge in [0.05, 0.1) is 43.4 Å². The fraction of sp³-hybridized carbons (Fsp3) is 0.194. The number of anilines is 6. The molecule has 0 radical (unpaired) electrons. The summed E-state index contributed by atoms with van der Waals surface area (Å²) < 4.78 is 116. The third-order valence-electron chi connectivity index (χ3n) is 8.22. The first-order valence-corrected chi connectivity index (χ1v) is 25.2. The van der Waals surface area contributed by atoms with Gasteiger partial charge in [0.25, 0.3) is 36.3 Å². The van der Waals surface area contributed by atoms with Crippen molar-refractivity contribution in [1.29, 1.82) is 0 Å². The van der Waals surface area contributed by atoms with Crippen LogP contribution in [0, 0.1) is 0 Å². The Morgan fingerprint density at radius 2 is 1.26 bits per heavy atom. The van der Waals surface area contributed by atoms with Crippen LogP contribution in [0.4, 0.5) is 41.1 Å². The first kappa shape index (κ1) is 54.1. The van der Waals surface area contributed by atoms with E-state index in [1.807, 2.05) is 0 Å². The molecule has 5 aromatic rings. The molecule has 0 aliphatic carbocycles. The normalized spacial score (nSPS) is 12.3. The first-order valence-electron chi connectivity index (χ1n) is 19.0. The number of rotatable bonds is 28. The van der Waals surface area contributed by atoms with Gasteiger partial charge in [0, 0.05) is 47.6 Å². The van der Waals surface area contributed by atoms with Crippen molar-refractivity contribution < 1.29 is 78.0 Å². The molecule has 0 saturated heterocycles. The second kappa shape index (κ2) is 26.2. The minimum atomic E-state index is -4.89. The molecule has 0 unspecified atom stereocenters. The van der Waals surface area contributed by atoms with Crippen LogP contribution in [0.25, 0.3) is 24.3 Å². The fourth-order valence-electron chi connectivity index (χ4n) is 5.38. The summed E-state index contributed by atoms with van der Waals surface area (Å²) in [7, 11) is -14.0. The Balaban J connectivity index is 1.36. The van der Waals surface area contributed by atoms with Gasteiger partial charge < -0.3 is 31.1 Å². The molecule has 69 heavy (non-hydrogen) atoms. The Kier molecular flexibility index (Phi) is 20.5. The molecule has 0 spiro atoms. The minimum absolute atomic E-state index is 0.00217. The highest BCUT2D eigenvalue weighted by atomic mass is 32.2. The van der Waals surface area contributed by atoms with Gasteiger partial charge in [0.15, 0.2) is 0 Å². The summed E-state index contributed by atoms with van der Waals surface area (Å²) in [6.07, 6.45) is 7.92. The number of aromatic nitrogens is 6. The van der Waals surface area contributed by atoms with E-state index < -0.39 is 45.9 Å². The molecule has 3 aromatic carbocycles. The Morgan fingerprint density at radius 1 is 0.652 bits per heavy atom. The van der Waals surface area contributed by atoms with Gasteiger partial charge in [0.1, 0.15) is 16.1 Å². The van der Waals surface area contributed by atoms with Gasteiger partial charge in [-0.05, 0) is 52.6 Å². The maximum Gasteiger partial charge on any atom is 0.295 e. The van der Waals surface area contributed by atoms with E-state index in [9.17, 15) is 34.4 Å². The highest BCUT2D eigenvalue weighted by Crippen LogP contribution is 2.31. The molecular formula is C36H39N11O17S5. The molecule has 0 aliphatic heterocycles. The molecule has 2 heterocycles. The van der Waals surface area contributed by atoms with Crippen LogP contribution in [0.1, 0.15) is 22.3 Å². The topological polar surface area (TPSA) is 408 Å². The van der Waals surface area contributed by atoms with Crippen molar-refractivity contribution in [3.8, 4) is 0 Å². The number of nitrogens with one attached hydrogen (secondary N) is 4. The molecule has 33 heteroatoms. The van der Waals surface area contributed by atoms with Crippen LogP contribution in [0.5, 0.6) is 0 Å². The van der Waals surface area contributed by atoms with Gasteiger partial charge in [-0.3, -0.25) is 13.7 Å². The van der Waals surface area contributed by atoms with Crippen molar-refractivity contribution in [3.63, 3.8) is 0 Å². The van der Waals surface area contributed by atoms with Crippen LogP contribution in [-0.2, 0) is 53.8 Å². The minimum Gasteiger partial charge on any atom is -0.394 e. The Hall–Kier alpha value is -5.86. The molecule has 0 amide bonds. The zero-order valence-electron chi connectivity index (χ0n) is 35.0. The summed E-state index contributed by atoms with van der Waals surface area (Å²) >= 11 is 1.26. The summed E-state index contributed by atoms with van der Waals surface area (Å²) in [4.78, 5) is 27.9. The summed E-state index contributed by atoms with van der Waals surface area (Å²) in [6.45, 7) is 0.153. The van der Waals surface area contributed by atoms with Crippen molar-refractivity contribution in [3.05, 3.63) is 83.2 Å². The third kappa shape index (κ3) is 18.5. The van der Waals surface area contributed by atoms with Gasteiger partial charge in [-0.2, -0.15) is 45.2 Å². The van der Waals surface area contributed by atoms with Gasteiger partial charge in [0.2, 0.25) is 23.8 Å². The molecule has 0 atom stereocenters. The van der Waals surface area contributed by atoms with Crippen LogP contribution in [0.3, 0.4) is 0 Å². The predicted octanol–water partition coefficient (Wildman–Crippen LogP) is 4.30. The maximum absolute atomic E-state index is 12.6. The van der Waals surface area contributed by atoms with Crippen LogP contribution in [0.15, 0.2) is 80.6 Å². The summed E-state index contributed by atoms with van der Waals surface area (Å²) in [5.41, 5.74) is 1.04. The lowest BCUT2D eigenvalue weighted by Gasteiger charge is -2.11. The number of hydrogen-bond donors (Lipinski definition) is 10. The van der Waals surface area contributed by atoms with Crippen molar-refractivity contribution >= 4 is 126 Å². The third-order valence-corrected chi connectivity index (χ3v) is 11.9. The second-order valence-electron chi connectivity index (χ2n) is 13.0. The molecule has 2 aromatic heterocycles. The highest BCUT2D eigenvalue weighted by Gasteiger charge is 2.18. The van der Waals surface area contributed by atoms with Crippen LogP contribution >= 0.6 is 24.1 Å². The molecule has 0 saturated carbocycles. The number of hydrogen-bond acceptors (Lipinski definition) is 27. The van der Waals surface area contributed by atoms with Crippen molar-refractivity contribution in [2.45, 2.75) is 14.7 Å². The standard InChI is InChI=1S/C36H39N11O17S5/c48-14-16-60-15-11-37-33-45-34(38-12-17-65-63-61-49)47-36(46-33)43-28-10-8-26(31(21-28)69(57,58)59)4-2-23-1-3-25(30(19-23)68(54,55)56)6-5-24-7-9-27(20-29(24)66-64-62-50)42-35-41-22-40-32(44-35)39-13-18-67(51,52)53/h1-10,12,19-22,48-50H,11,13-18H2,(H,51,52,53)(H,54,55,56)(H,57,58,59)(H2,37,43,45,46,47)(H2,39,40,41,42,44)/b4-2?,6-5?,38-12-. The molecule has 28 nitrogen and oxygen atoms in total. The highest BCUT2D eigenvalue weighted by molar-refractivity contribution is 7.95. The van der Waals surface area contributed by atoms with Gasteiger partial charge in [-0.1, -0.05) is 58.6 Å². The number of ether oxygens (including phenoxy) is 1. The van der Waals surface area contributed by atoms with Crippen molar-refractivity contribution in [1.82, 2.24) is 29.9 Å². The van der Waals surface area contributed by atoms with Crippen molar-refractivity contribution in [2.75, 3.05) is 65.7 Å². The summed E-state index contributed by atoms with van der Waals surface area (Å²) in [5, 5.41) is 44.6. The summed E-state index contributed by atoms with van der Waals surface area (Å²) in [6, 6.07) is 12.5. The van der Waals surface area contributed by atoms with E-state index in [0.717, 1.165) is 18.5 Å². The number of benzene rings is 3. The average Bonchev–Trinajstić information content (AvgIpc) is 3.29. The van der Waals surface area contributed by atoms with Gasteiger partial charge in [-0.15, -0.1) is 8.67 Å². The molecule has 0 fully saturated rings. The van der Waals surface area contributed by atoms with E-state index >= 15 is 0 Å². The van der Waals surface area contributed by atoms with Crippen LogP contribution in [0.2, 0.25) is 0 Å². The summed E-state index contributed by atoms with van der Waals surface area (Å²) in [5.74, 6) is -0.624. The number of aliphatic hydroxyl groups excluding tert-OH is 1. The maximum atomic E-state index is 12.6. The second-order valence-corrected chi connectivity index (χ2v) is 18.8. The Labute approximate surface area is 400 Å². The fourth-order valence-corrected chi connectivity index (χ4v) is 7.91. The van der Waals surface area contributed by atoms with E-state index in [2.05, 4.69) is 74.9 Å².